The van der Waals surface area contributed by atoms with E-state index in [9.17, 15) is 0 Å². The predicted octanol–water partition coefficient (Wildman–Crippen LogP) is 14.4. The van der Waals surface area contributed by atoms with Crippen LogP contribution in [-0.4, -0.2) is 0 Å². The number of nitrogens with zero attached hydrogens (tertiary/aromatic N) is 1. The summed E-state index contributed by atoms with van der Waals surface area (Å²) in [5, 5.41) is 6.85. The predicted molar refractivity (Wildman–Crippen MR) is 220 cm³/mol. The van der Waals surface area contributed by atoms with Crippen LogP contribution in [0.15, 0.2) is 205 Å². The molecule has 0 amide bonds. The Morgan fingerprint density at radius 2 is 0.904 bits per heavy atom. The lowest BCUT2D eigenvalue weighted by Crippen LogP contribution is -2.10. The molecule has 0 spiro atoms. The molecule has 0 saturated heterocycles. The lowest BCUT2D eigenvalue weighted by molar-refractivity contribution is 0.673. The molecule has 1 aromatic heterocycles. The van der Waals surface area contributed by atoms with Crippen LogP contribution in [0.5, 0.6) is 0 Å². The molecule has 9 aromatic carbocycles. The zero-order chi connectivity index (χ0) is 34.4. The normalized spacial score (nSPS) is 11.5. The van der Waals surface area contributed by atoms with Crippen LogP contribution in [0.1, 0.15) is 0 Å². The summed E-state index contributed by atoms with van der Waals surface area (Å²) in [5.74, 6) is 0. The summed E-state index contributed by atoms with van der Waals surface area (Å²) in [5.41, 5.74) is 11.9. The van der Waals surface area contributed by atoms with Crippen LogP contribution in [0.2, 0.25) is 0 Å². The zero-order valence-corrected chi connectivity index (χ0v) is 28.4. The first-order chi connectivity index (χ1) is 25.8. The SMILES string of the molecule is c1ccc(-c2ccc(N(c3ccc4ccccc4c3)c3cc(-c4ccccc4)cc4oc5c6ccccc6c(-c6ccccc6)cc5c34)cc2)cc1. The van der Waals surface area contributed by atoms with E-state index in [1.165, 1.54) is 38.4 Å². The number of fused-ring (bicyclic) bond motifs is 6. The molecule has 0 N–H and O–H groups in total. The molecule has 0 fully saturated rings. The van der Waals surface area contributed by atoms with Crippen molar-refractivity contribution < 1.29 is 4.42 Å². The maximum absolute atomic E-state index is 7.00. The minimum atomic E-state index is 0.855. The first-order valence-corrected chi connectivity index (χ1v) is 17.8. The molecule has 0 bridgehead atoms. The molecule has 0 saturated carbocycles. The third-order valence-corrected chi connectivity index (χ3v) is 10.2. The Labute approximate surface area is 302 Å². The van der Waals surface area contributed by atoms with Crippen molar-refractivity contribution in [2.45, 2.75) is 0 Å². The number of hydrogen-bond donors (Lipinski definition) is 0. The molecule has 10 aromatic rings. The van der Waals surface area contributed by atoms with E-state index >= 15 is 0 Å². The van der Waals surface area contributed by atoms with Gasteiger partial charge in [0.2, 0.25) is 0 Å². The summed E-state index contributed by atoms with van der Waals surface area (Å²) < 4.78 is 7.00. The van der Waals surface area contributed by atoms with E-state index in [1.54, 1.807) is 0 Å². The first kappa shape index (κ1) is 30.0. The summed E-state index contributed by atoms with van der Waals surface area (Å²) in [6, 6.07) is 71.6. The first-order valence-electron chi connectivity index (χ1n) is 17.8. The molecule has 0 radical (unpaired) electrons. The van der Waals surface area contributed by atoms with E-state index in [1.807, 2.05) is 0 Å². The lowest BCUT2D eigenvalue weighted by atomic mass is 9.94. The second kappa shape index (κ2) is 12.5. The third-order valence-electron chi connectivity index (χ3n) is 10.2. The second-order valence-electron chi connectivity index (χ2n) is 13.3. The van der Waals surface area contributed by atoms with Crippen LogP contribution in [0.25, 0.3) is 76.9 Å². The Hall–Kier alpha value is -6.90. The molecule has 0 unspecified atom stereocenters. The number of benzene rings is 9. The molecule has 10 rings (SSSR count). The van der Waals surface area contributed by atoms with Crippen molar-refractivity contribution in [1.82, 2.24) is 0 Å². The van der Waals surface area contributed by atoms with Crippen molar-refractivity contribution in [3.05, 3.63) is 200 Å². The van der Waals surface area contributed by atoms with Gasteiger partial charge in [0.05, 0.1) is 11.1 Å². The molecular formula is C50H33NO. The van der Waals surface area contributed by atoms with Gasteiger partial charge in [0.1, 0.15) is 11.2 Å². The van der Waals surface area contributed by atoms with Crippen molar-refractivity contribution in [1.29, 1.82) is 0 Å². The monoisotopic (exact) mass is 663 g/mol. The van der Waals surface area contributed by atoms with Crippen LogP contribution < -0.4 is 4.90 Å². The summed E-state index contributed by atoms with van der Waals surface area (Å²) in [7, 11) is 0. The van der Waals surface area contributed by atoms with E-state index in [-0.39, 0.29) is 0 Å². The molecular weight excluding hydrogens is 631 g/mol. The smallest absolute Gasteiger partial charge is 0.143 e. The van der Waals surface area contributed by atoms with E-state index in [0.29, 0.717) is 0 Å². The minimum absolute atomic E-state index is 0.855. The molecule has 244 valence electrons. The Morgan fingerprint density at radius 1 is 0.346 bits per heavy atom. The van der Waals surface area contributed by atoms with Crippen LogP contribution in [-0.2, 0) is 0 Å². The van der Waals surface area contributed by atoms with Crippen LogP contribution in [0.4, 0.5) is 17.1 Å². The van der Waals surface area contributed by atoms with E-state index in [2.05, 4.69) is 205 Å². The molecule has 0 aliphatic rings. The fraction of sp³-hybridized carbons (Fsp3) is 0. The lowest BCUT2D eigenvalue weighted by Gasteiger charge is -2.27. The van der Waals surface area contributed by atoms with Crippen molar-refractivity contribution >= 4 is 60.5 Å². The van der Waals surface area contributed by atoms with Gasteiger partial charge in [0.15, 0.2) is 0 Å². The van der Waals surface area contributed by atoms with Gasteiger partial charge >= 0.3 is 0 Å². The third kappa shape index (κ3) is 5.12. The molecule has 2 nitrogen and oxygen atoms in total. The van der Waals surface area contributed by atoms with Gasteiger partial charge in [-0.1, -0.05) is 158 Å². The van der Waals surface area contributed by atoms with Crippen LogP contribution >= 0.6 is 0 Å². The maximum Gasteiger partial charge on any atom is 0.143 e. The number of anilines is 3. The average Bonchev–Trinajstić information content (AvgIpc) is 3.61. The number of hydrogen-bond acceptors (Lipinski definition) is 2. The van der Waals surface area contributed by atoms with E-state index in [0.717, 1.165) is 55.5 Å². The van der Waals surface area contributed by atoms with Gasteiger partial charge in [-0.25, -0.2) is 0 Å². The summed E-state index contributed by atoms with van der Waals surface area (Å²) in [6.07, 6.45) is 0. The van der Waals surface area contributed by atoms with Crippen LogP contribution in [0.3, 0.4) is 0 Å². The van der Waals surface area contributed by atoms with Gasteiger partial charge in [-0.15, -0.1) is 0 Å². The second-order valence-corrected chi connectivity index (χ2v) is 13.3. The Balaban J connectivity index is 1.31. The molecule has 1 heterocycles. The highest BCUT2D eigenvalue weighted by molar-refractivity contribution is 6.23. The molecule has 0 aliphatic carbocycles. The fourth-order valence-corrected chi connectivity index (χ4v) is 7.71. The van der Waals surface area contributed by atoms with Gasteiger partial charge in [-0.05, 0) is 92.0 Å². The Morgan fingerprint density at radius 3 is 1.62 bits per heavy atom. The Kier molecular flexibility index (Phi) is 7.18. The van der Waals surface area contributed by atoms with Gasteiger partial charge in [0, 0.05) is 22.1 Å². The van der Waals surface area contributed by atoms with Crippen molar-refractivity contribution in [3.63, 3.8) is 0 Å². The van der Waals surface area contributed by atoms with Crippen molar-refractivity contribution in [2.75, 3.05) is 4.90 Å². The van der Waals surface area contributed by atoms with Crippen molar-refractivity contribution in [3.8, 4) is 33.4 Å². The molecule has 52 heavy (non-hydrogen) atoms. The summed E-state index contributed by atoms with van der Waals surface area (Å²) in [6.45, 7) is 0. The highest BCUT2D eigenvalue weighted by Crippen LogP contribution is 2.48. The molecule has 2 heteroatoms. The average molecular weight is 664 g/mol. The largest absolute Gasteiger partial charge is 0.455 e. The van der Waals surface area contributed by atoms with E-state index < -0.39 is 0 Å². The number of furan rings is 1. The van der Waals surface area contributed by atoms with Gasteiger partial charge in [0.25, 0.3) is 0 Å². The highest BCUT2D eigenvalue weighted by atomic mass is 16.3. The summed E-state index contributed by atoms with van der Waals surface area (Å²) >= 11 is 0. The van der Waals surface area contributed by atoms with Gasteiger partial charge in [-0.3, -0.25) is 0 Å². The number of rotatable bonds is 6. The standard InChI is InChI=1S/C50H33NO/c1-4-14-34(15-5-1)37-24-27-41(28-25-37)51(42-29-26-36-18-10-11-21-39(36)30-42)47-31-40(35-16-6-2-7-17-35)32-48-49(47)46-33-45(38-19-8-3-9-20-38)43-22-12-13-23-44(43)50(46)52-48/h1-33H. The molecule has 0 atom stereocenters. The van der Waals surface area contributed by atoms with Gasteiger partial charge in [-0.2, -0.15) is 0 Å². The molecule has 0 aliphatic heterocycles. The van der Waals surface area contributed by atoms with Crippen LogP contribution in [0, 0.1) is 0 Å². The summed E-state index contributed by atoms with van der Waals surface area (Å²) in [4.78, 5) is 2.41. The Bertz CT molecular complexity index is 2870. The quantitative estimate of drug-likeness (QED) is 0.176. The van der Waals surface area contributed by atoms with Crippen molar-refractivity contribution in [2.24, 2.45) is 0 Å². The van der Waals surface area contributed by atoms with E-state index in [4.69, 9.17) is 4.42 Å². The highest BCUT2D eigenvalue weighted by Gasteiger charge is 2.23. The minimum Gasteiger partial charge on any atom is -0.455 e. The fourth-order valence-electron chi connectivity index (χ4n) is 7.71. The topological polar surface area (TPSA) is 16.4 Å². The maximum atomic E-state index is 7.00. The zero-order valence-electron chi connectivity index (χ0n) is 28.4. The van der Waals surface area contributed by atoms with Gasteiger partial charge < -0.3 is 9.32 Å².